The van der Waals surface area contributed by atoms with Gasteiger partial charge in [-0.2, -0.15) is 0 Å². The lowest BCUT2D eigenvalue weighted by Crippen LogP contribution is -2.54. The molecule has 96 valence electrons. The van der Waals surface area contributed by atoms with E-state index >= 15 is 0 Å². The van der Waals surface area contributed by atoms with Gasteiger partial charge in [-0.3, -0.25) is 10.2 Å². The number of thiocarbonyl (C=S) groups is 1. The topological polar surface area (TPSA) is 67.6 Å². The molecule has 1 atom stereocenters. The summed E-state index contributed by atoms with van der Waals surface area (Å²) in [4.78, 5) is 12.2. The van der Waals surface area contributed by atoms with Crippen LogP contribution in [-0.2, 0) is 4.74 Å². The van der Waals surface area contributed by atoms with Crippen LogP contribution in [0, 0.1) is 0 Å². The van der Waals surface area contributed by atoms with Crippen LogP contribution in [0.3, 0.4) is 0 Å². The van der Waals surface area contributed by atoms with Crippen LogP contribution in [0.1, 0.15) is 10.4 Å². The molecule has 1 fully saturated rings. The van der Waals surface area contributed by atoms with Crippen LogP contribution in [0.4, 0.5) is 0 Å². The number of benzene rings is 1. The minimum absolute atomic E-state index is 0.0231. The molecule has 1 unspecified atom stereocenters. The van der Waals surface area contributed by atoms with Crippen LogP contribution in [0.25, 0.3) is 0 Å². The Labute approximate surface area is 111 Å². The standard InChI is InChI=1S/C12H15N3O2S/c13-12(18)14-15-6-7-17-10(8-15)11(16)9-4-2-1-3-5-9/h1-5,10H,6-8H2,(H3,13,14,18). The third-order valence-corrected chi connectivity index (χ3v) is 2.78. The SMILES string of the molecule is NC(=S)NN1CCOC(C(=O)c2ccccc2)C1. The molecule has 1 aromatic rings. The van der Waals surface area contributed by atoms with E-state index in [4.69, 9.17) is 22.7 Å². The minimum atomic E-state index is -0.483. The Balaban J connectivity index is 2.00. The van der Waals surface area contributed by atoms with Crippen molar-refractivity contribution >= 4 is 23.1 Å². The fraction of sp³-hybridized carbons (Fsp3) is 0.333. The molecule has 1 aliphatic rings. The van der Waals surface area contributed by atoms with Crippen LogP contribution < -0.4 is 11.2 Å². The van der Waals surface area contributed by atoms with Crippen LogP contribution in [0.5, 0.6) is 0 Å². The highest BCUT2D eigenvalue weighted by Gasteiger charge is 2.27. The van der Waals surface area contributed by atoms with Gasteiger partial charge in [0, 0.05) is 12.1 Å². The van der Waals surface area contributed by atoms with Gasteiger partial charge < -0.3 is 10.5 Å². The Bertz CT molecular complexity index is 438. The lowest BCUT2D eigenvalue weighted by atomic mass is 10.1. The summed E-state index contributed by atoms with van der Waals surface area (Å²) in [6.07, 6.45) is -0.483. The van der Waals surface area contributed by atoms with Gasteiger partial charge >= 0.3 is 0 Å². The fourth-order valence-electron chi connectivity index (χ4n) is 1.85. The van der Waals surface area contributed by atoms with Gasteiger partial charge in [0.05, 0.1) is 13.2 Å². The average Bonchev–Trinajstić information content (AvgIpc) is 2.38. The summed E-state index contributed by atoms with van der Waals surface area (Å²) in [5, 5.41) is 2.00. The highest BCUT2D eigenvalue weighted by atomic mass is 32.1. The molecular weight excluding hydrogens is 250 g/mol. The second kappa shape index (κ2) is 5.90. The van der Waals surface area contributed by atoms with Crippen molar-refractivity contribution < 1.29 is 9.53 Å². The van der Waals surface area contributed by atoms with Crippen molar-refractivity contribution in [3.8, 4) is 0 Å². The third kappa shape index (κ3) is 3.25. The number of ether oxygens (including phenoxy) is 1. The third-order valence-electron chi connectivity index (χ3n) is 2.69. The maximum atomic E-state index is 12.2. The van der Waals surface area contributed by atoms with Crippen molar-refractivity contribution in [1.82, 2.24) is 10.4 Å². The number of hydrazine groups is 1. The Morgan fingerprint density at radius 3 is 2.83 bits per heavy atom. The van der Waals surface area contributed by atoms with E-state index in [0.29, 0.717) is 25.3 Å². The van der Waals surface area contributed by atoms with E-state index in [2.05, 4.69) is 5.43 Å². The Hall–Kier alpha value is -1.50. The minimum Gasteiger partial charge on any atom is -0.375 e. The van der Waals surface area contributed by atoms with Gasteiger partial charge in [0.1, 0.15) is 6.10 Å². The second-order valence-electron chi connectivity index (χ2n) is 4.01. The molecular formula is C12H15N3O2S. The molecule has 0 spiro atoms. The summed E-state index contributed by atoms with van der Waals surface area (Å²) in [5.41, 5.74) is 8.89. The fourth-order valence-corrected chi connectivity index (χ4v) is 1.98. The zero-order valence-electron chi connectivity index (χ0n) is 9.83. The lowest BCUT2D eigenvalue weighted by molar-refractivity contribution is -0.0252. The molecule has 0 radical (unpaired) electrons. The maximum Gasteiger partial charge on any atom is 0.192 e. The summed E-state index contributed by atoms with van der Waals surface area (Å²) in [7, 11) is 0. The smallest absolute Gasteiger partial charge is 0.192 e. The quantitative estimate of drug-likeness (QED) is 0.606. The van der Waals surface area contributed by atoms with Crippen LogP contribution in [-0.4, -0.2) is 41.7 Å². The van der Waals surface area contributed by atoms with E-state index in [9.17, 15) is 4.79 Å². The number of carbonyl (C=O) groups is 1. The van der Waals surface area contributed by atoms with Gasteiger partial charge in [-0.1, -0.05) is 30.3 Å². The number of nitrogens with zero attached hydrogens (tertiary/aromatic N) is 1. The number of hydrogen-bond donors (Lipinski definition) is 2. The molecule has 1 heterocycles. The van der Waals surface area contributed by atoms with Crippen LogP contribution >= 0.6 is 12.2 Å². The number of hydrogen-bond acceptors (Lipinski definition) is 4. The van der Waals surface area contributed by atoms with Crippen molar-refractivity contribution in [2.24, 2.45) is 5.73 Å². The normalized spacial score (nSPS) is 20.3. The molecule has 1 aliphatic heterocycles. The molecule has 0 aliphatic carbocycles. The van der Waals surface area contributed by atoms with Crippen molar-refractivity contribution in [3.05, 3.63) is 35.9 Å². The molecule has 0 saturated carbocycles. The zero-order chi connectivity index (χ0) is 13.0. The maximum absolute atomic E-state index is 12.2. The van der Waals surface area contributed by atoms with Crippen molar-refractivity contribution in [1.29, 1.82) is 0 Å². The Kier molecular flexibility index (Phi) is 4.24. The second-order valence-corrected chi connectivity index (χ2v) is 4.45. The first-order chi connectivity index (χ1) is 8.66. The predicted octanol–water partition coefficient (Wildman–Crippen LogP) is 0.318. The molecule has 1 aromatic carbocycles. The lowest BCUT2D eigenvalue weighted by Gasteiger charge is -2.32. The molecule has 0 amide bonds. The van der Waals surface area contributed by atoms with E-state index in [1.54, 1.807) is 17.1 Å². The average molecular weight is 265 g/mol. The van der Waals surface area contributed by atoms with E-state index in [0.717, 1.165) is 0 Å². The van der Waals surface area contributed by atoms with Gasteiger partial charge in [-0.15, -0.1) is 0 Å². The summed E-state index contributed by atoms with van der Waals surface area (Å²) in [5.74, 6) is -0.0231. The van der Waals surface area contributed by atoms with Gasteiger partial charge in [0.2, 0.25) is 0 Å². The van der Waals surface area contributed by atoms with Gasteiger partial charge in [0.15, 0.2) is 10.9 Å². The first kappa shape index (κ1) is 12.9. The van der Waals surface area contributed by atoms with E-state index < -0.39 is 6.10 Å². The summed E-state index contributed by atoms with van der Waals surface area (Å²) >= 11 is 4.77. The number of rotatable bonds is 3. The van der Waals surface area contributed by atoms with Crippen LogP contribution in [0.2, 0.25) is 0 Å². The van der Waals surface area contributed by atoms with Crippen LogP contribution in [0.15, 0.2) is 30.3 Å². The summed E-state index contributed by atoms with van der Waals surface area (Å²) < 4.78 is 5.49. The van der Waals surface area contributed by atoms with Crippen molar-refractivity contribution in [2.75, 3.05) is 19.7 Å². The Morgan fingerprint density at radius 1 is 1.44 bits per heavy atom. The number of carbonyl (C=O) groups excluding carboxylic acids is 1. The first-order valence-electron chi connectivity index (χ1n) is 5.68. The van der Waals surface area contributed by atoms with Crippen molar-refractivity contribution in [3.63, 3.8) is 0 Å². The summed E-state index contributed by atoms with van der Waals surface area (Å²) in [6.45, 7) is 1.56. The van der Waals surface area contributed by atoms with Crippen molar-refractivity contribution in [2.45, 2.75) is 6.10 Å². The molecule has 6 heteroatoms. The van der Waals surface area contributed by atoms with Gasteiger partial charge in [0.25, 0.3) is 0 Å². The van der Waals surface area contributed by atoms with E-state index in [1.165, 1.54) is 0 Å². The predicted molar refractivity (Wildman–Crippen MR) is 72.0 cm³/mol. The molecule has 0 aromatic heterocycles. The highest BCUT2D eigenvalue weighted by molar-refractivity contribution is 7.80. The zero-order valence-corrected chi connectivity index (χ0v) is 10.7. The number of nitrogens with two attached hydrogens (primary N) is 1. The first-order valence-corrected chi connectivity index (χ1v) is 6.09. The molecule has 2 rings (SSSR count). The van der Waals surface area contributed by atoms with Gasteiger partial charge in [-0.05, 0) is 12.2 Å². The molecule has 3 N–H and O–H groups in total. The molecule has 0 bridgehead atoms. The molecule has 18 heavy (non-hydrogen) atoms. The highest BCUT2D eigenvalue weighted by Crippen LogP contribution is 2.10. The van der Waals surface area contributed by atoms with Gasteiger partial charge in [-0.25, -0.2) is 5.01 Å². The number of nitrogens with one attached hydrogen (secondary N) is 1. The number of morpholine rings is 1. The number of Topliss-reactive ketones (excluding diaryl/α,β-unsaturated/α-hetero) is 1. The van der Waals surface area contributed by atoms with E-state index in [-0.39, 0.29) is 10.9 Å². The molecule has 5 nitrogen and oxygen atoms in total. The van der Waals surface area contributed by atoms with E-state index in [1.807, 2.05) is 18.2 Å². The summed E-state index contributed by atoms with van der Waals surface area (Å²) in [6, 6.07) is 9.11. The monoisotopic (exact) mass is 265 g/mol. The largest absolute Gasteiger partial charge is 0.375 e. The molecule has 1 saturated heterocycles. The Morgan fingerprint density at radius 2 is 2.17 bits per heavy atom. The number of ketones is 1.